The lowest BCUT2D eigenvalue weighted by molar-refractivity contribution is 0.181. The number of aliphatic imine (C=N–C) groups is 1. The predicted octanol–water partition coefficient (Wildman–Crippen LogP) is 2.07. The summed E-state index contributed by atoms with van der Waals surface area (Å²) < 4.78 is 0. The third kappa shape index (κ3) is 5.81. The minimum absolute atomic E-state index is 0.578. The topological polar surface area (TPSA) is 39.7 Å². The molecular formula is C15H32N4. The molecule has 4 heteroatoms. The van der Waals surface area contributed by atoms with Gasteiger partial charge in [-0.1, -0.05) is 6.92 Å². The molecule has 0 amide bonds. The fraction of sp³-hybridized carbons (Fsp3) is 0.933. The van der Waals surface area contributed by atoms with Crippen LogP contribution in [0.3, 0.4) is 0 Å². The molecule has 0 aliphatic heterocycles. The molecule has 0 saturated heterocycles. The SMILES string of the molecule is CCNC(=NCCN(C(C)C)C(C)C)NC1CC1C. The van der Waals surface area contributed by atoms with Crippen molar-refractivity contribution in [2.45, 2.75) is 66.1 Å². The van der Waals surface area contributed by atoms with Crippen molar-refractivity contribution in [1.82, 2.24) is 15.5 Å². The molecule has 1 fully saturated rings. The van der Waals surface area contributed by atoms with E-state index in [9.17, 15) is 0 Å². The van der Waals surface area contributed by atoms with Crippen molar-refractivity contribution < 1.29 is 0 Å². The van der Waals surface area contributed by atoms with Gasteiger partial charge in [0.15, 0.2) is 5.96 Å². The minimum atomic E-state index is 0.578. The molecule has 2 unspecified atom stereocenters. The van der Waals surface area contributed by atoms with Crippen LogP contribution < -0.4 is 10.6 Å². The molecular weight excluding hydrogens is 236 g/mol. The van der Waals surface area contributed by atoms with Crippen LogP contribution in [0.15, 0.2) is 4.99 Å². The van der Waals surface area contributed by atoms with Crippen LogP contribution in [-0.2, 0) is 0 Å². The number of guanidine groups is 1. The van der Waals surface area contributed by atoms with Crippen molar-refractivity contribution in [2.75, 3.05) is 19.6 Å². The summed E-state index contributed by atoms with van der Waals surface area (Å²) in [5.41, 5.74) is 0. The second-order valence-electron chi connectivity index (χ2n) is 6.15. The molecule has 0 bridgehead atoms. The maximum atomic E-state index is 4.69. The quantitative estimate of drug-likeness (QED) is 0.548. The Morgan fingerprint density at radius 3 is 2.26 bits per heavy atom. The first-order valence-corrected chi connectivity index (χ1v) is 7.76. The average Bonchev–Trinajstić information content (AvgIpc) is 2.99. The Balaban J connectivity index is 2.41. The zero-order valence-electron chi connectivity index (χ0n) is 13.5. The first kappa shape index (κ1) is 16.3. The van der Waals surface area contributed by atoms with E-state index in [0.717, 1.165) is 31.5 Å². The molecule has 1 rings (SSSR count). The molecule has 0 heterocycles. The van der Waals surface area contributed by atoms with Crippen LogP contribution in [0, 0.1) is 5.92 Å². The molecule has 1 saturated carbocycles. The molecule has 0 aromatic rings. The van der Waals surface area contributed by atoms with E-state index in [1.54, 1.807) is 0 Å². The molecule has 19 heavy (non-hydrogen) atoms. The van der Waals surface area contributed by atoms with E-state index in [4.69, 9.17) is 0 Å². The van der Waals surface area contributed by atoms with Crippen molar-refractivity contribution in [3.63, 3.8) is 0 Å². The zero-order chi connectivity index (χ0) is 14.4. The van der Waals surface area contributed by atoms with Crippen LogP contribution in [0.2, 0.25) is 0 Å². The molecule has 0 spiro atoms. The molecule has 112 valence electrons. The van der Waals surface area contributed by atoms with E-state index >= 15 is 0 Å². The van der Waals surface area contributed by atoms with Gasteiger partial charge in [-0.2, -0.15) is 0 Å². The number of hydrogen-bond acceptors (Lipinski definition) is 2. The van der Waals surface area contributed by atoms with Gasteiger partial charge in [0, 0.05) is 31.2 Å². The van der Waals surface area contributed by atoms with Gasteiger partial charge in [-0.15, -0.1) is 0 Å². The highest BCUT2D eigenvalue weighted by atomic mass is 15.2. The van der Waals surface area contributed by atoms with E-state index < -0.39 is 0 Å². The van der Waals surface area contributed by atoms with Crippen molar-refractivity contribution in [2.24, 2.45) is 10.9 Å². The lowest BCUT2D eigenvalue weighted by Gasteiger charge is -2.29. The summed E-state index contributed by atoms with van der Waals surface area (Å²) in [5, 5.41) is 6.82. The van der Waals surface area contributed by atoms with Gasteiger partial charge < -0.3 is 10.6 Å². The molecule has 0 aromatic carbocycles. The first-order valence-electron chi connectivity index (χ1n) is 7.76. The van der Waals surface area contributed by atoms with Crippen LogP contribution in [0.1, 0.15) is 48.0 Å². The molecule has 0 radical (unpaired) electrons. The molecule has 4 nitrogen and oxygen atoms in total. The van der Waals surface area contributed by atoms with Gasteiger partial charge in [0.25, 0.3) is 0 Å². The van der Waals surface area contributed by atoms with Crippen LogP contribution in [0.5, 0.6) is 0 Å². The van der Waals surface area contributed by atoms with Crippen LogP contribution >= 0.6 is 0 Å². The first-order chi connectivity index (χ1) is 8.95. The van der Waals surface area contributed by atoms with Crippen LogP contribution in [0.25, 0.3) is 0 Å². The molecule has 2 N–H and O–H groups in total. The highest BCUT2D eigenvalue weighted by molar-refractivity contribution is 5.80. The van der Waals surface area contributed by atoms with Crippen molar-refractivity contribution in [1.29, 1.82) is 0 Å². The Labute approximate surface area is 119 Å². The summed E-state index contributed by atoms with van der Waals surface area (Å²) in [6.07, 6.45) is 1.27. The van der Waals surface area contributed by atoms with Gasteiger partial charge in [-0.3, -0.25) is 9.89 Å². The summed E-state index contributed by atoms with van der Waals surface area (Å²) in [4.78, 5) is 7.16. The Kier molecular flexibility index (Phi) is 6.63. The smallest absolute Gasteiger partial charge is 0.191 e. The van der Waals surface area contributed by atoms with Gasteiger partial charge in [0.05, 0.1) is 6.54 Å². The second kappa shape index (κ2) is 7.73. The van der Waals surface area contributed by atoms with Crippen molar-refractivity contribution in [3.05, 3.63) is 0 Å². The molecule has 2 atom stereocenters. The average molecular weight is 268 g/mol. The fourth-order valence-corrected chi connectivity index (χ4v) is 2.41. The summed E-state index contributed by atoms with van der Waals surface area (Å²) in [6.45, 7) is 16.2. The Bertz CT molecular complexity index is 278. The predicted molar refractivity (Wildman–Crippen MR) is 83.7 cm³/mol. The Morgan fingerprint density at radius 1 is 1.26 bits per heavy atom. The maximum Gasteiger partial charge on any atom is 0.191 e. The van der Waals surface area contributed by atoms with Gasteiger partial charge in [-0.25, -0.2) is 0 Å². The van der Waals surface area contributed by atoms with Gasteiger partial charge in [0.2, 0.25) is 0 Å². The fourth-order valence-electron chi connectivity index (χ4n) is 2.41. The highest BCUT2D eigenvalue weighted by Crippen LogP contribution is 2.28. The van der Waals surface area contributed by atoms with E-state index in [1.165, 1.54) is 6.42 Å². The highest BCUT2D eigenvalue weighted by Gasteiger charge is 2.33. The summed E-state index contributed by atoms with van der Waals surface area (Å²) >= 11 is 0. The normalized spacial score (nSPS) is 23.3. The van der Waals surface area contributed by atoms with Crippen molar-refractivity contribution >= 4 is 5.96 Å². The largest absolute Gasteiger partial charge is 0.357 e. The third-order valence-electron chi connectivity index (χ3n) is 3.73. The van der Waals surface area contributed by atoms with Crippen molar-refractivity contribution in [3.8, 4) is 0 Å². The van der Waals surface area contributed by atoms with Gasteiger partial charge >= 0.3 is 0 Å². The zero-order valence-corrected chi connectivity index (χ0v) is 13.5. The summed E-state index contributed by atoms with van der Waals surface area (Å²) in [6, 6.07) is 1.78. The molecule has 0 aromatic heterocycles. The van der Waals surface area contributed by atoms with E-state index in [0.29, 0.717) is 18.1 Å². The van der Waals surface area contributed by atoms with Gasteiger partial charge in [0.1, 0.15) is 0 Å². The maximum absolute atomic E-state index is 4.69. The second-order valence-corrected chi connectivity index (χ2v) is 6.15. The lowest BCUT2D eigenvalue weighted by Crippen LogP contribution is -2.41. The van der Waals surface area contributed by atoms with E-state index in [-0.39, 0.29) is 0 Å². The van der Waals surface area contributed by atoms with Crippen LogP contribution in [-0.4, -0.2) is 48.6 Å². The minimum Gasteiger partial charge on any atom is -0.357 e. The Morgan fingerprint density at radius 2 is 1.84 bits per heavy atom. The number of nitrogens with zero attached hydrogens (tertiary/aromatic N) is 2. The molecule has 1 aliphatic rings. The van der Waals surface area contributed by atoms with E-state index in [2.05, 4.69) is 62.1 Å². The van der Waals surface area contributed by atoms with Crippen LogP contribution in [0.4, 0.5) is 0 Å². The lowest BCUT2D eigenvalue weighted by atomic mass is 10.2. The van der Waals surface area contributed by atoms with Gasteiger partial charge in [-0.05, 0) is 47.0 Å². The van der Waals surface area contributed by atoms with E-state index in [1.807, 2.05) is 0 Å². The monoisotopic (exact) mass is 268 g/mol. The summed E-state index contributed by atoms with van der Waals surface area (Å²) in [7, 11) is 0. The third-order valence-corrected chi connectivity index (χ3v) is 3.73. The molecule has 1 aliphatic carbocycles. The Hall–Kier alpha value is -0.770. The standard InChI is InChI=1S/C15H32N4/c1-7-16-15(18-14-10-13(14)6)17-8-9-19(11(2)3)12(4)5/h11-14H,7-10H2,1-6H3,(H2,16,17,18). The number of rotatable bonds is 7. The summed E-state index contributed by atoms with van der Waals surface area (Å²) in [5.74, 6) is 1.77. The number of nitrogens with one attached hydrogen (secondary N) is 2. The number of hydrogen-bond donors (Lipinski definition) is 2.